The van der Waals surface area contributed by atoms with E-state index in [-0.39, 0.29) is 23.3 Å². The standard InChI is InChI=1S/C15H20N2O2/c1-15(2,3)10-4-6-11(7-5-10)16-12-8-9-13(18)17-14(12)19/h4-7,12,16H,8-9H2,1-3H3,(H,17,18,19). The molecular weight excluding hydrogens is 240 g/mol. The maximum atomic E-state index is 11.6. The average Bonchev–Trinajstić information content (AvgIpc) is 2.32. The van der Waals surface area contributed by atoms with Gasteiger partial charge in [-0.05, 0) is 29.5 Å². The van der Waals surface area contributed by atoms with Crippen LogP contribution in [-0.4, -0.2) is 17.9 Å². The minimum absolute atomic E-state index is 0.118. The van der Waals surface area contributed by atoms with Gasteiger partial charge in [0, 0.05) is 12.1 Å². The highest BCUT2D eigenvalue weighted by Crippen LogP contribution is 2.24. The molecule has 1 atom stereocenters. The van der Waals surface area contributed by atoms with Crippen molar-refractivity contribution in [2.45, 2.75) is 45.1 Å². The molecule has 102 valence electrons. The molecule has 2 N–H and O–H groups in total. The monoisotopic (exact) mass is 260 g/mol. The lowest BCUT2D eigenvalue weighted by molar-refractivity contribution is -0.133. The number of hydrogen-bond donors (Lipinski definition) is 2. The summed E-state index contributed by atoms with van der Waals surface area (Å²) in [6, 6.07) is 7.76. The molecule has 4 heteroatoms. The van der Waals surface area contributed by atoms with E-state index in [4.69, 9.17) is 0 Å². The van der Waals surface area contributed by atoms with Crippen LogP contribution < -0.4 is 10.6 Å². The first kappa shape index (κ1) is 13.6. The Kier molecular flexibility index (Phi) is 3.60. The van der Waals surface area contributed by atoms with Crippen molar-refractivity contribution in [3.8, 4) is 0 Å². The van der Waals surface area contributed by atoms with Crippen molar-refractivity contribution in [1.29, 1.82) is 0 Å². The van der Waals surface area contributed by atoms with Gasteiger partial charge in [-0.3, -0.25) is 14.9 Å². The van der Waals surface area contributed by atoms with E-state index >= 15 is 0 Å². The molecule has 0 aromatic heterocycles. The van der Waals surface area contributed by atoms with Crippen LogP contribution in [0.4, 0.5) is 5.69 Å². The molecule has 1 aromatic rings. The number of imide groups is 1. The summed E-state index contributed by atoms with van der Waals surface area (Å²) >= 11 is 0. The fourth-order valence-electron chi connectivity index (χ4n) is 2.10. The van der Waals surface area contributed by atoms with E-state index in [1.807, 2.05) is 12.1 Å². The Bertz CT molecular complexity index is 486. The van der Waals surface area contributed by atoms with Crippen LogP contribution in [0.3, 0.4) is 0 Å². The molecule has 0 bridgehead atoms. The molecule has 2 amide bonds. The number of nitrogens with one attached hydrogen (secondary N) is 2. The summed E-state index contributed by atoms with van der Waals surface area (Å²) in [7, 11) is 0. The van der Waals surface area contributed by atoms with Gasteiger partial charge in [-0.1, -0.05) is 32.9 Å². The Morgan fingerprint density at radius 3 is 2.32 bits per heavy atom. The second-order valence-electron chi connectivity index (χ2n) is 5.98. The molecule has 0 radical (unpaired) electrons. The number of amides is 2. The van der Waals surface area contributed by atoms with Crippen molar-refractivity contribution in [1.82, 2.24) is 5.32 Å². The molecule has 19 heavy (non-hydrogen) atoms. The molecule has 0 aliphatic carbocycles. The molecule has 1 aliphatic rings. The van der Waals surface area contributed by atoms with Crippen LogP contribution in [0.25, 0.3) is 0 Å². The van der Waals surface area contributed by atoms with Crippen molar-refractivity contribution in [2.75, 3.05) is 5.32 Å². The van der Waals surface area contributed by atoms with Gasteiger partial charge in [-0.15, -0.1) is 0 Å². The molecular formula is C15H20N2O2. The molecule has 4 nitrogen and oxygen atoms in total. The predicted molar refractivity (Wildman–Crippen MR) is 74.9 cm³/mol. The summed E-state index contributed by atoms with van der Waals surface area (Å²) in [5, 5.41) is 5.51. The van der Waals surface area contributed by atoms with Gasteiger partial charge in [-0.2, -0.15) is 0 Å². The molecule has 1 fully saturated rings. The van der Waals surface area contributed by atoms with Crippen LogP contribution in [0, 0.1) is 0 Å². The highest BCUT2D eigenvalue weighted by molar-refractivity contribution is 6.01. The zero-order valence-electron chi connectivity index (χ0n) is 11.6. The normalized spacial score (nSPS) is 20.1. The van der Waals surface area contributed by atoms with Gasteiger partial charge in [0.2, 0.25) is 11.8 Å². The second-order valence-corrected chi connectivity index (χ2v) is 5.98. The molecule has 0 spiro atoms. The predicted octanol–water partition coefficient (Wildman–Crippen LogP) is 2.20. The first-order chi connectivity index (χ1) is 8.86. The first-order valence-electron chi connectivity index (χ1n) is 6.57. The van der Waals surface area contributed by atoms with E-state index < -0.39 is 0 Å². The highest BCUT2D eigenvalue weighted by atomic mass is 16.2. The largest absolute Gasteiger partial charge is 0.374 e. The quantitative estimate of drug-likeness (QED) is 0.801. The molecule has 1 unspecified atom stereocenters. The van der Waals surface area contributed by atoms with Crippen molar-refractivity contribution < 1.29 is 9.59 Å². The van der Waals surface area contributed by atoms with Crippen LogP contribution in [-0.2, 0) is 15.0 Å². The third kappa shape index (κ3) is 3.34. The highest BCUT2D eigenvalue weighted by Gasteiger charge is 2.26. The van der Waals surface area contributed by atoms with E-state index in [1.165, 1.54) is 5.56 Å². The SMILES string of the molecule is CC(C)(C)c1ccc(NC2CCC(=O)NC2=O)cc1. The number of anilines is 1. The van der Waals surface area contributed by atoms with Gasteiger partial charge in [0.25, 0.3) is 0 Å². The first-order valence-corrected chi connectivity index (χ1v) is 6.57. The topological polar surface area (TPSA) is 58.2 Å². The number of hydrogen-bond acceptors (Lipinski definition) is 3. The van der Waals surface area contributed by atoms with Crippen LogP contribution in [0.5, 0.6) is 0 Å². The maximum Gasteiger partial charge on any atom is 0.249 e. The van der Waals surface area contributed by atoms with Crippen molar-refractivity contribution in [3.05, 3.63) is 29.8 Å². The number of rotatable bonds is 2. The van der Waals surface area contributed by atoms with E-state index in [1.54, 1.807) is 0 Å². The zero-order valence-corrected chi connectivity index (χ0v) is 11.6. The van der Waals surface area contributed by atoms with Crippen molar-refractivity contribution in [3.63, 3.8) is 0 Å². The van der Waals surface area contributed by atoms with Crippen LogP contribution in [0.1, 0.15) is 39.2 Å². The average molecular weight is 260 g/mol. The number of benzene rings is 1. The lowest BCUT2D eigenvalue weighted by Gasteiger charge is -2.24. The molecule has 0 saturated carbocycles. The molecule has 1 aliphatic heterocycles. The molecule has 1 saturated heterocycles. The Labute approximate surface area is 113 Å². The third-order valence-corrected chi connectivity index (χ3v) is 3.33. The van der Waals surface area contributed by atoms with Gasteiger partial charge in [0.05, 0.1) is 0 Å². The Morgan fingerprint density at radius 1 is 1.16 bits per heavy atom. The molecule has 2 rings (SSSR count). The van der Waals surface area contributed by atoms with Gasteiger partial charge < -0.3 is 5.32 Å². The lowest BCUT2D eigenvalue weighted by Crippen LogP contribution is -2.47. The minimum Gasteiger partial charge on any atom is -0.374 e. The Hall–Kier alpha value is -1.84. The van der Waals surface area contributed by atoms with E-state index in [2.05, 4.69) is 43.5 Å². The summed E-state index contributed by atoms with van der Waals surface area (Å²) in [5.74, 6) is -0.428. The van der Waals surface area contributed by atoms with Crippen LogP contribution in [0.15, 0.2) is 24.3 Å². The Balaban J connectivity index is 2.04. The fraction of sp³-hybridized carbons (Fsp3) is 0.467. The zero-order chi connectivity index (χ0) is 14.0. The fourth-order valence-corrected chi connectivity index (χ4v) is 2.10. The summed E-state index contributed by atoms with van der Waals surface area (Å²) in [6.45, 7) is 6.49. The van der Waals surface area contributed by atoms with Crippen molar-refractivity contribution in [2.24, 2.45) is 0 Å². The number of carbonyl (C=O) groups excluding carboxylic acids is 2. The van der Waals surface area contributed by atoms with E-state index in [0.717, 1.165) is 5.69 Å². The summed E-state index contributed by atoms with van der Waals surface area (Å²) < 4.78 is 0. The molecule has 1 heterocycles. The van der Waals surface area contributed by atoms with Gasteiger partial charge in [0.15, 0.2) is 0 Å². The summed E-state index contributed by atoms with van der Waals surface area (Å²) in [4.78, 5) is 22.7. The van der Waals surface area contributed by atoms with E-state index in [0.29, 0.717) is 12.8 Å². The molecule has 1 aromatic carbocycles. The summed E-state index contributed by atoms with van der Waals surface area (Å²) in [6.07, 6.45) is 0.940. The van der Waals surface area contributed by atoms with Gasteiger partial charge >= 0.3 is 0 Å². The maximum absolute atomic E-state index is 11.6. The number of carbonyl (C=O) groups is 2. The van der Waals surface area contributed by atoms with Crippen LogP contribution >= 0.6 is 0 Å². The number of piperidine rings is 1. The van der Waals surface area contributed by atoms with Crippen LogP contribution in [0.2, 0.25) is 0 Å². The van der Waals surface area contributed by atoms with Crippen molar-refractivity contribution >= 4 is 17.5 Å². The minimum atomic E-state index is -0.321. The second kappa shape index (κ2) is 5.03. The lowest BCUT2D eigenvalue weighted by atomic mass is 9.87. The third-order valence-electron chi connectivity index (χ3n) is 3.33. The summed E-state index contributed by atoms with van der Waals surface area (Å²) in [5.41, 5.74) is 2.27. The van der Waals surface area contributed by atoms with E-state index in [9.17, 15) is 9.59 Å². The van der Waals surface area contributed by atoms with Gasteiger partial charge in [0.1, 0.15) is 6.04 Å². The van der Waals surface area contributed by atoms with Gasteiger partial charge in [-0.25, -0.2) is 0 Å². The Morgan fingerprint density at radius 2 is 1.79 bits per heavy atom. The smallest absolute Gasteiger partial charge is 0.249 e.